The molecule has 310 valence electrons. The SMILES string of the molecule is COc1ccc(Cn2nnnc2/C=C/c2c(N3CCC[C@@H](OC(=O)NCc4cccc[n+]4CC(=O)O)C3)nc3cc(C(=O)Nc4nc(C(C)(C)C)cs4)ccn3c2=O)cc1. The summed E-state index contributed by atoms with van der Waals surface area (Å²) in [5, 5.41) is 29.4. The summed E-state index contributed by atoms with van der Waals surface area (Å²) >= 11 is 1.33. The van der Waals surface area contributed by atoms with E-state index in [1.54, 1.807) is 60.5 Å². The molecular weight excluding hydrogens is 791 g/mol. The molecule has 0 unspecified atom stereocenters. The Hall–Kier alpha value is -7.02. The molecule has 60 heavy (non-hydrogen) atoms. The van der Waals surface area contributed by atoms with Crippen molar-refractivity contribution in [1.82, 2.24) is 39.9 Å². The fourth-order valence-corrected chi connectivity index (χ4v) is 7.51. The van der Waals surface area contributed by atoms with Gasteiger partial charge in [-0.05, 0) is 65.2 Å². The van der Waals surface area contributed by atoms with E-state index in [0.717, 1.165) is 17.0 Å². The van der Waals surface area contributed by atoms with Gasteiger partial charge >= 0.3 is 12.1 Å². The lowest BCUT2D eigenvalue weighted by molar-refractivity contribution is -0.693. The molecule has 5 aromatic heterocycles. The van der Waals surface area contributed by atoms with Crippen molar-refractivity contribution in [3.63, 3.8) is 0 Å². The van der Waals surface area contributed by atoms with Crippen molar-refractivity contribution in [2.24, 2.45) is 0 Å². The van der Waals surface area contributed by atoms with Crippen LogP contribution in [0.5, 0.6) is 5.75 Å². The first-order chi connectivity index (χ1) is 28.8. The number of carboxylic acids is 1. The highest BCUT2D eigenvalue weighted by Crippen LogP contribution is 2.28. The Morgan fingerprint density at radius 1 is 1.08 bits per heavy atom. The van der Waals surface area contributed by atoms with E-state index in [2.05, 4.69) is 31.1 Å². The fourth-order valence-electron chi connectivity index (χ4n) is 6.57. The van der Waals surface area contributed by atoms with Gasteiger partial charge in [0.05, 0.1) is 31.5 Å². The number of tetrazole rings is 1. The second-order valence-corrected chi connectivity index (χ2v) is 16.0. The van der Waals surface area contributed by atoms with Crippen LogP contribution in [0.3, 0.4) is 0 Å². The van der Waals surface area contributed by atoms with Crippen LogP contribution in [0, 0.1) is 0 Å². The minimum atomic E-state index is -1.01. The first-order valence-electron chi connectivity index (χ1n) is 19.1. The van der Waals surface area contributed by atoms with Crippen molar-refractivity contribution in [1.29, 1.82) is 0 Å². The van der Waals surface area contributed by atoms with Gasteiger partial charge in [-0.15, -0.1) is 16.4 Å². The molecule has 7 rings (SSSR count). The Morgan fingerprint density at radius 3 is 2.65 bits per heavy atom. The van der Waals surface area contributed by atoms with Gasteiger partial charge in [-0.2, -0.15) is 4.57 Å². The van der Waals surface area contributed by atoms with Gasteiger partial charge in [0.25, 0.3) is 11.5 Å². The molecule has 1 aromatic carbocycles. The van der Waals surface area contributed by atoms with E-state index in [-0.39, 0.29) is 41.8 Å². The molecule has 6 heterocycles. The molecule has 0 spiro atoms. The highest BCUT2D eigenvalue weighted by Gasteiger charge is 2.28. The Labute approximate surface area is 348 Å². The Balaban J connectivity index is 1.16. The van der Waals surface area contributed by atoms with Crippen molar-refractivity contribution in [3.05, 3.63) is 117 Å². The van der Waals surface area contributed by atoms with E-state index in [4.69, 9.17) is 14.5 Å². The van der Waals surface area contributed by atoms with Crippen LogP contribution < -0.4 is 30.4 Å². The second-order valence-electron chi connectivity index (χ2n) is 15.1. The number of alkyl carbamates (subject to hydrolysis) is 1. The molecular formula is C41H44N11O7S+. The quantitative estimate of drug-likeness (QED) is 0.140. The van der Waals surface area contributed by atoms with Crippen LogP contribution in [0.15, 0.2) is 77.2 Å². The van der Waals surface area contributed by atoms with Crippen molar-refractivity contribution >= 4 is 58.1 Å². The van der Waals surface area contributed by atoms with Crippen LogP contribution in [0.25, 0.3) is 17.8 Å². The molecule has 1 atom stereocenters. The van der Waals surface area contributed by atoms with Crippen LogP contribution >= 0.6 is 11.3 Å². The standard InChI is InChI=1S/C41H43N11O7S/c1-41(2,3)32-25-60-39(43-32)45-37(55)27-16-19-51-34(20-27)44-36(31(38(51)56)14-15-33-46-47-48-52(33)22-26-10-12-29(58-4)13-11-26)50-18-7-9-30(23-50)59-40(57)42-21-28-8-5-6-17-49(28)24-35(53)54/h5-6,8,10-17,19-20,25,30H,7,9,18,21-24H2,1-4H3,(H2-,42,43,45,53,54,55,57)/p+1/b15-14+/t30-/m1/s1. The number of carbonyl (C=O) groups excluding carboxylic acids is 2. The number of thiazole rings is 1. The van der Waals surface area contributed by atoms with Gasteiger partial charge in [-0.3, -0.25) is 19.3 Å². The number of hydrogen-bond acceptors (Lipinski definition) is 13. The summed E-state index contributed by atoms with van der Waals surface area (Å²) in [6.45, 7) is 7.01. The molecule has 1 saturated heterocycles. The number of carbonyl (C=O) groups is 3. The summed E-state index contributed by atoms with van der Waals surface area (Å²) in [6.07, 6.45) is 6.34. The van der Waals surface area contributed by atoms with Gasteiger partial charge in [-0.1, -0.05) is 39.0 Å². The molecule has 0 bridgehead atoms. The molecule has 3 N–H and O–H groups in total. The molecule has 0 aliphatic carbocycles. The minimum absolute atomic E-state index is 0.0511. The minimum Gasteiger partial charge on any atom is -0.497 e. The summed E-state index contributed by atoms with van der Waals surface area (Å²) in [5.74, 6) is 0.0241. The normalized spacial score (nSPS) is 14.3. The van der Waals surface area contributed by atoms with E-state index in [0.29, 0.717) is 48.4 Å². The summed E-state index contributed by atoms with van der Waals surface area (Å²) in [5.41, 5.74) is 2.54. The summed E-state index contributed by atoms with van der Waals surface area (Å²) in [6, 6.07) is 15.8. The number of nitrogens with zero attached hydrogens (tertiary/aromatic N) is 9. The fraction of sp³-hybridized carbons (Fsp3) is 0.317. The number of rotatable bonds is 13. The van der Waals surface area contributed by atoms with Crippen LogP contribution in [0.2, 0.25) is 0 Å². The average Bonchev–Trinajstić information content (AvgIpc) is 3.90. The maximum atomic E-state index is 14.4. The third-order valence-electron chi connectivity index (χ3n) is 9.76. The molecule has 1 fully saturated rings. The average molecular weight is 835 g/mol. The number of aromatic nitrogens is 8. The molecule has 0 saturated carbocycles. The number of hydrogen-bond donors (Lipinski definition) is 3. The number of benzene rings is 1. The van der Waals surface area contributed by atoms with Crippen molar-refractivity contribution in [3.8, 4) is 5.75 Å². The number of anilines is 2. The first kappa shape index (κ1) is 41.2. The smallest absolute Gasteiger partial charge is 0.407 e. The van der Waals surface area contributed by atoms with Crippen LogP contribution in [-0.4, -0.2) is 84.0 Å². The van der Waals surface area contributed by atoms with E-state index >= 15 is 0 Å². The molecule has 1 aliphatic rings. The van der Waals surface area contributed by atoms with Crippen molar-refractivity contribution in [2.75, 3.05) is 30.4 Å². The summed E-state index contributed by atoms with van der Waals surface area (Å²) < 4.78 is 15.6. The van der Waals surface area contributed by atoms with Crippen LogP contribution in [0.4, 0.5) is 15.7 Å². The Kier molecular flexibility index (Phi) is 12.2. The Bertz CT molecular complexity index is 2610. The molecule has 1 aliphatic heterocycles. The predicted octanol–water partition coefficient (Wildman–Crippen LogP) is 4.18. The zero-order chi connectivity index (χ0) is 42.4. The number of nitrogens with one attached hydrogen (secondary N) is 2. The number of aliphatic carboxylic acids is 1. The van der Waals surface area contributed by atoms with Gasteiger partial charge in [0.15, 0.2) is 17.2 Å². The number of piperidine rings is 1. The van der Waals surface area contributed by atoms with Crippen molar-refractivity contribution in [2.45, 2.75) is 64.8 Å². The second kappa shape index (κ2) is 17.9. The zero-order valence-electron chi connectivity index (χ0n) is 33.4. The monoisotopic (exact) mass is 834 g/mol. The maximum absolute atomic E-state index is 14.4. The van der Waals surface area contributed by atoms with E-state index in [1.165, 1.54) is 26.5 Å². The lowest BCUT2D eigenvalue weighted by atomic mass is 9.93. The summed E-state index contributed by atoms with van der Waals surface area (Å²) in [7, 11) is 1.60. The van der Waals surface area contributed by atoms with Crippen molar-refractivity contribution < 1.29 is 33.5 Å². The predicted molar refractivity (Wildman–Crippen MR) is 222 cm³/mol. The summed E-state index contributed by atoms with van der Waals surface area (Å²) in [4.78, 5) is 63.6. The van der Waals surface area contributed by atoms with Crippen LogP contribution in [-0.2, 0) is 34.6 Å². The van der Waals surface area contributed by atoms with Gasteiger partial charge in [-0.25, -0.2) is 24.2 Å². The third kappa shape index (κ3) is 9.80. The Morgan fingerprint density at radius 2 is 1.90 bits per heavy atom. The zero-order valence-corrected chi connectivity index (χ0v) is 34.3. The molecule has 2 amide bonds. The van der Waals surface area contributed by atoms with E-state index in [1.807, 2.05) is 55.3 Å². The number of amides is 2. The third-order valence-corrected chi connectivity index (χ3v) is 10.5. The van der Waals surface area contributed by atoms with Crippen LogP contribution in [0.1, 0.15) is 72.3 Å². The number of pyridine rings is 2. The maximum Gasteiger partial charge on any atom is 0.407 e. The first-order valence-corrected chi connectivity index (χ1v) is 20.0. The van der Waals surface area contributed by atoms with E-state index in [9.17, 15) is 24.3 Å². The lowest BCUT2D eigenvalue weighted by Crippen LogP contribution is -2.45. The molecule has 6 aromatic rings. The highest BCUT2D eigenvalue weighted by atomic mass is 32.1. The van der Waals surface area contributed by atoms with Gasteiger partial charge in [0.1, 0.15) is 29.9 Å². The lowest BCUT2D eigenvalue weighted by Gasteiger charge is -2.33. The topological polar surface area (TPSA) is 212 Å². The van der Waals surface area contributed by atoms with E-state index < -0.39 is 29.6 Å². The number of carboxylic acid groups (broad SMARTS) is 1. The van der Waals surface area contributed by atoms with Gasteiger partial charge in [0, 0.05) is 41.2 Å². The van der Waals surface area contributed by atoms with Gasteiger partial charge < -0.3 is 24.8 Å². The molecule has 18 nitrogen and oxygen atoms in total. The number of ether oxygens (including phenoxy) is 2. The molecule has 0 radical (unpaired) electrons. The van der Waals surface area contributed by atoms with Gasteiger partial charge in [0.2, 0.25) is 12.2 Å². The largest absolute Gasteiger partial charge is 0.497 e. The number of methoxy groups -OCH3 is 1. The highest BCUT2D eigenvalue weighted by molar-refractivity contribution is 7.14. The number of fused-ring (bicyclic) bond motifs is 1. The molecule has 19 heteroatoms.